The van der Waals surface area contributed by atoms with Crippen molar-refractivity contribution in [1.29, 1.82) is 0 Å². The van der Waals surface area contributed by atoms with Crippen LogP contribution >= 0.6 is 0 Å². The summed E-state index contributed by atoms with van der Waals surface area (Å²) in [5.41, 5.74) is 0.193. The van der Waals surface area contributed by atoms with E-state index in [9.17, 15) is 19.5 Å². The summed E-state index contributed by atoms with van der Waals surface area (Å²) in [5, 5.41) is 9.93. The molecule has 1 atom stereocenters. The molecule has 3 aliphatic rings. The van der Waals surface area contributed by atoms with Crippen LogP contribution in [0.15, 0.2) is 24.3 Å². The molecule has 1 saturated carbocycles. The van der Waals surface area contributed by atoms with Gasteiger partial charge in [-0.2, -0.15) is 0 Å². The zero-order valence-corrected chi connectivity index (χ0v) is 19.2. The number of amides is 3. The highest BCUT2D eigenvalue weighted by molar-refractivity contribution is 5.95. The number of ether oxygens (including phenoxy) is 1. The molecule has 174 valence electrons. The van der Waals surface area contributed by atoms with Crippen LogP contribution in [0.2, 0.25) is 0 Å². The molecule has 1 N–H and O–H groups in total. The molecular formula is C24H33N3O5. The number of carbonyl (C=O) groups is 3. The number of carboxylic acids is 1. The summed E-state index contributed by atoms with van der Waals surface area (Å²) < 4.78 is 5.49. The summed E-state index contributed by atoms with van der Waals surface area (Å²) in [6.07, 6.45) is 3.88. The maximum Gasteiger partial charge on any atom is 0.410 e. The zero-order chi connectivity index (χ0) is 23.1. The minimum Gasteiger partial charge on any atom is -0.481 e. The van der Waals surface area contributed by atoms with Crippen molar-refractivity contribution in [3.63, 3.8) is 0 Å². The van der Waals surface area contributed by atoms with E-state index in [1.165, 1.54) is 0 Å². The van der Waals surface area contributed by atoms with Crippen LogP contribution in [-0.4, -0.2) is 70.8 Å². The highest BCUT2D eigenvalue weighted by atomic mass is 16.6. The van der Waals surface area contributed by atoms with Gasteiger partial charge < -0.3 is 19.6 Å². The average Bonchev–Trinajstić information content (AvgIpc) is 3.09. The molecule has 1 aromatic rings. The van der Waals surface area contributed by atoms with Crippen molar-refractivity contribution >= 4 is 23.8 Å². The Morgan fingerprint density at radius 3 is 2.28 bits per heavy atom. The normalized spacial score (nSPS) is 23.2. The van der Waals surface area contributed by atoms with Crippen LogP contribution in [-0.2, 0) is 14.9 Å². The fraction of sp³-hybridized carbons (Fsp3) is 0.625. The number of piperazine rings is 1. The lowest BCUT2D eigenvalue weighted by molar-refractivity contribution is -0.145. The van der Waals surface area contributed by atoms with Gasteiger partial charge in [-0.3, -0.25) is 9.69 Å². The Balaban J connectivity index is 1.47. The summed E-state index contributed by atoms with van der Waals surface area (Å²) in [7, 11) is 0. The van der Waals surface area contributed by atoms with E-state index in [2.05, 4.69) is 0 Å². The monoisotopic (exact) mass is 443 g/mol. The third-order valence-corrected chi connectivity index (χ3v) is 6.85. The van der Waals surface area contributed by atoms with Crippen LogP contribution in [0.1, 0.15) is 58.4 Å². The van der Waals surface area contributed by atoms with Crippen LogP contribution in [0.3, 0.4) is 0 Å². The molecule has 0 spiro atoms. The van der Waals surface area contributed by atoms with Gasteiger partial charge in [-0.1, -0.05) is 31.4 Å². The Hall–Kier alpha value is -2.77. The molecule has 8 heteroatoms. The molecule has 0 bridgehead atoms. The highest BCUT2D eigenvalue weighted by Crippen LogP contribution is 2.40. The van der Waals surface area contributed by atoms with Crippen molar-refractivity contribution < 1.29 is 24.2 Å². The first kappa shape index (κ1) is 22.4. The molecule has 1 aliphatic carbocycles. The number of carboxylic acid groups (broad SMARTS) is 1. The first-order valence-corrected chi connectivity index (χ1v) is 11.5. The predicted molar refractivity (Wildman–Crippen MR) is 120 cm³/mol. The second kappa shape index (κ2) is 8.30. The predicted octanol–water partition coefficient (Wildman–Crippen LogP) is 3.83. The van der Waals surface area contributed by atoms with Gasteiger partial charge in [-0.15, -0.1) is 0 Å². The van der Waals surface area contributed by atoms with Crippen LogP contribution in [0.25, 0.3) is 0 Å². The molecule has 2 aliphatic heterocycles. The molecular weight excluding hydrogens is 410 g/mol. The molecule has 4 rings (SSSR count). The van der Waals surface area contributed by atoms with Gasteiger partial charge in [0.25, 0.3) is 0 Å². The number of fused-ring (bicyclic) bond motifs is 1. The van der Waals surface area contributed by atoms with Crippen molar-refractivity contribution in [2.24, 2.45) is 0 Å². The third kappa shape index (κ3) is 4.14. The first-order chi connectivity index (χ1) is 15.1. The number of carbonyl (C=O) groups excluding carboxylic acids is 2. The molecule has 1 aromatic carbocycles. The van der Waals surface area contributed by atoms with Gasteiger partial charge in [-0.25, -0.2) is 9.59 Å². The highest BCUT2D eigenvalue weighted by Gasteiger charge is 2.44. The number of nitrogens with zero attached hydrogens (tertiary/aromatic N) is 3. The van der Waals surface area contributed by atoms with E-state index < -0.39 is 17.0 Å². The molecule has 8 nitrogen and oxygen atoms in total. The fourth-order valence-electron chi connectivity index (χ4n) is 5.16. The lowest BCUT2D eigenvalue weighted by Gasteiger charge is -2.36. The summed E-state index contributed by atoms with van der Waals surface area (Å²) in [6, 6.07) is 7.29. The van der Waals surface area contributed by atoms with Gasteiger partial charge in [0, 0.05) is 31.9 Å². The summed E-state index contributed by atoms with van der Waals surface area (Å²) in [5.74, 6) is -0.762. The quantitative estimate of drug-likeness (QED) is 0.767. The van der Waals surface area contributed by atoms with Gasteiger partial charge in [0.2, 0.25) is 0 Å². The van der Waals surface area contributed by atoms with E-state index in [1.807, 2.05) is 49.9 Å². The zero-order valence-electron chi connectivity index (χ0n) is 19.2. The van der Waals surface area contributed by atoms with Crippen LogP contribution in [0, 0.1) is 0 Å². The maximum absolute atomic E-state index is 13.0. The molecule has 0 unspecified atom stereocenters. The number of benzene rings is 1. The van der Waals surface area contributed by atoms with Crippen LogP contribution in [0.4, 0.5) is 15.3 Å². The summed E-state index contributed by atoms with van der Waals surface area (Å²) >= 11 is 0. The number of hydrogen-bond acceptors (Lipinski definition) is 4. The van der Waals surface area contributed by atoms with E-state index in [-0.39, 0.29) is 18.2 Å². The van der Waals surface area contributed by atoms with Gasteiger partial charge in [0.15, 0.2) is 0 Å². The van der Waals surface area contributed by atoms with Gasteiger partial charge in [0.05, 0.1) is 11.5 Å². The van der Waals surface area contributed by atoms with Crippen LogP contribution < -0.4 is 4.90 Å². The molecule has 3 fully saturated rings. The SMILES string of the molecule is CC(C)(C)OC(=O)N1CCN2C(=O)N(c3ccc(C4(C(=O)O)CCCCC4)cc3)C[C@@H]2C1. The Bertz CT molecular complexity index is 886. The van der Waals surface area contributed by atoms with Crippen molar-refractivity contribution in [2.45, 2.75) is 69.9 Å². The number of urea groups is 1. The lowest BCUT2D eigenvalue weighted by Crippen LogP contribution is -2.54. The molecule has 32 heavy (non-hydrogen) atoms. The summed E-state index contributed by atoms with van der Waals surface area (Å²) in [4.78, 5) is 42.8. The fourth-order valence-corrected chi connectivity index (χ4v) is 5.16. The van der Waals surface area contributed by atoms with E-state index in [0.717, 1.165) is 30.5 Å². The van der Waals surface area contributed by atoms with E-state index in [4.69, 9.17) is 4.74 Å². The molecule has 0 radical (unpaired) electrons. The smallest absolute Gasteiger partial charge is 0.410 e. The minimum absolute atomic E-state index is 0.0720. The van der Waals surface area contributed by atoms with Crippen molar-refractivity contribution in [3.8, 4) is 0 Å². The Labute approximate surface area is 189 Å². The molecule has 2 saturated heterocycles. The number of rotatable bonds is 3. The molecule has 3 amide bonds. The van der Waals surface area contributed by atoms with Crippen molar-refractivity contribution in [3.05, 3.63) is 29.8 Å². The Kier molecular flexibility index (Phi) is 5.81. The molecule has 0 aromatic heterocycles. The van der Waals surface area contributed by atoms with E-state index >= 15 is 0 Å². The third-order valence-electron chi connectivity index (χ3n) is 6.85. The average molecular weight is 444 g/mol. The second-order valence-electron chi connectivity index (χ2n) is 10.2. The van der Waals surface area contributed by atoms with Gasteiger partial charge >= 0.3 is 18.1 Å². The number of anilines is 1. The first-order valence-electron chi connectivity index (χ1n) is 11.5. The van der Waals surface area contributed by atoms with E-state index in [0.29, 0.717) is 39.0 Å². The van der Waals surface area contributed by atoms with Crippen molar-refractivity contribution in [1.82, 2.24) is 9.80 Å². The second-order valence-corrected chi connectivity index (χ2v) is 10.2. The standard InChI is InChI=1S/C24H33N3O5/c1-23(2,3)32-22(31)25-13-14-26-19(15-25)16-27(21(26)30)18-9-7-17(8-10-18)24(20(28)29)11-5-4-6-12-24/h7-10,19H,4-6,11-16H2,1-3H3,(H,28,29)/t19-/m0/s1. The largest absolute Gasteiger partial charge is 0.481 e. The number of hydrogen-bond donors (Lipinski definition) is 1. The Morgan fingerprint density at radius 1 is 1.03 bits per heavy atom. The Morgan fingerprint density at radius 2 is 1.69 bits per heavy atom. The lowest BCUT2D eigenvalue weighted by atomic mass is 9.69. The van der Waals surface area contributed by atoms with Crippen LogP contribution in [0.5, 0.6) is 0 Å². The van der Waals surface area contributed by atoms with Gasteiger partial charge in [-0.05, 0) is 51.3 Å². The molecule has 2 heterocycles. The van der Waals surface area contributed by atoms with Gasteiger partial charge in [0.1, 0.15) is 5.60 Å². The number of aliphatic carboxylic acids is 1. The summed E-state index contributed by atoms with van der Waals surface area (Å²) in [6.45, 7) is 7.37. The van der Waals surface area contributed by atoms with Crippen molar-refractivity contribution in [2.75, 3.05) is 31.1 Å². The minimum atomic E-state index is -0.822. The topological polar surface area (TPSA) is 90.4 Å². The maximum atomic E-state index is 13.0. The van der Waals surface area contributed by atoms with E-state index in [1.54, 1.807) is 9.80 Å².